The predicted octanol–water partition coefficient (Wildman–Crippen LogP) is 4.88. The third-order valence-corrected chi connectivity index (χ3v) is 5.13. The number of nitrogens with zero attached hydrogens (tertiary/aromatic N) is 1. The lowest BCUT2D eigenvalue weighted by molar-refractivity contribution is -0.384. The third-order valence-electron chi connectivity index (χ3n) is 4.89. The number of fused-ring (bicyclic) bond motifs is 3. The molecule has 2 aliphatic heterocycles. The van der Waals surface area contributed by atoms with Gasteiger partial charge in [-0.05, 0) is 36.6 Å². The Morgan fingerprint density at radius 1 is 1.21 bits per heavy atom. The van der Waals surface area contributed by atoms with Crippen LogP contribution in [0.25, 0.3) is 0 Å². The maximum Gasteiger partial charge on any atom is 0.269 e. The van der Waals surface area contributed by atoms with Crippen LogP contribution >= 0.6 is 11.6 Å². The van der Waals surface area contributed by atoms with Gasteiger partial charge >= 0.3 is 0 Å². The van der Waals surface area contributed by atoms with Crippen molar-refractivity contribution in [2.75, 3.05) is 11.9 Å². The van der Waals surface area contributed by atoms with Gasteiger partial charge in [-0.3, -0.25) is 10.1 Å². The van der Waals surface area contributed by atoms with Gasteiger partial charge in [0.2, 0.25) is 0 Å². The second-order valence-corrected chi connectivity index (χ2v) is 6.74. The van der Waals surface area contributed by atoms with E-state index in [1.54, 1.807) is 12.1 Å². The van der Waals surface area contributed by atoms with Gasteiger partial charge in [-0.2, -0.15) is 0 Å². The minimum atomic E-state index is -0.373. The number of nitro benzene ring substituents is 1. The lowest BCUT2D eigenvalue weighted by Crippen LogP contribution is -2.35. The Morgan fingerprint density at radius 3 is 2.75 bits per heavy atom. The molecule has 2 heterocycles. The van der Waals surface area contributed by atoms with Gasteiger partial charge in [0.1, 0.15) is 0 Å². The molecule has 2 aliphatic rings. The number of anilines is 1. The smallest absolute Gasteiger partial charge is 0.269 e. The minimum absolute atomic E-state index is 0.00823. The molecule has 124 valence electrons. The molecule has 6 heteroatoms. The van der Waals surface area contributed by atoms with E-state index >= 15 is 0 Å². The van der Waals surface area contributed by atoms with Crippen LogP contribution in [0.4, 0.5) is 11.4 Å². The number of nitro groups is 1. The van der Waals surface area contributed by atoms with Crippen LogP contribution in [0.3, 0.4) is 0 Å². The Hall–Kier alpha value is -2.11. The van der Waals surface area contributed by atoms with Crippen LogP contribution in [-0.2, 0) is 4.74 Å². The first-order valence-electron chi connectivity index (χ1n) is 8.05. The average Bonchev–Trinajstić information content (AvgIpc) is 2.61. The van der Waals surface area contributed by atoms with Crippen molar-refractivity contribution in [2.45, 2.75) is 25.0 Å². The van der Waals surface area contributed by atoms with Crippen molar-refractivity contribution in [1.29, 1.82) is 0 Å². The quantitative estimate of drug-likeness (QED) is 0.622. The van der Waals surface area contributed by atoms with Gasteiger partial charge in [-0.1, -0.05) is 23.7 Å². The normalized spacial score (nSPS) is 25.3. The molecule has 1 fully saturated rings. The van der Waals surface area contributed by atoms with E-state index in [-0.39, 0.29) is 28.7 Å². The summed E-state index contributed by atoms with van der Waals surface area (Å²) in [6.07, 6.45) is 2.07. The summed E-state index contributed by atoms with van der Waals surface area (Å²) in [7, 11) is 0. The summed E-state index contributed by atoms with van der Waals surface area (Å²) in [5.41, 5.74) is 3.27. The number of benzene rings is 2. The number of halogens is 1. The Bertz CT molecular complexity index is 778. The van der Waals surface area contributed by atoms with E-state index in [1.165, 1.54) is 0 Å². The van der Waals surface area contributed by atoms with Crippen molar-refractivity contribution in [3.63, 3.8) is 0 Å². The molecular weight excluding hydrogens is 328 g/mol. The zero-order valence-corrected chi connectivity index (χ0v) is 13.7. The van der Waals surface area contributed by atoms with Crippen LogP contribution in [0, 0.1) is 16.0 Å². The van der Waals surface area contributed by atoms with Crippen LogP contribution in [0.5, 0.6) is 0 Å². The van der Waals surface area contributed by atoms with Crippen LogP contribution in [0.15, 0.2) is 42.5 Å². The molecule has 2 aromatic rings. The molecule has 0 bridgehead atoms. The maximum absolute atomic E-state index is 10.9. The fourth-order valence-electron chi connectivity index (χ4n) is 3.78. The fraction of sp³-hybridized carbons (Fsp3) is 0.333. The summed E-state index contributed by atoms with van der Waals surface area (Å²) < 4.78 is 6.07. The molecule has 24 heavy (non-hydrogen) atoms. The largest absolute Gasteiger partial charge is 0.378 e. The molecule has 5 nitrogen and oxygen atoms in total. The second kappa shape index (κ2) is 6.07. The Morgan fingerprint density at radius 2 is 2.00 bits per heavy atom. The van der Waals surface area contributed by atoms with Crippen molar-refractivity contribution in [1.82, 2.24) is 0 Å². The second-order valence-electron chi connectivity index (χ2n) is 6.30. The van der Waals surface area contributed by atoms with Gasteiger partial charge in [-0.15, -0.1) is 0 Å². The number of hydrogen-bond donors (Lipinski definition) is 1. The Kier molecular flexibility index (Phi) is 3.90. The van der Waals surface area contributed by atoms with E-state index in [9.17, 15) is 10.1 Å². The van der Waals surface area contributed by atoms with E-state index in [2.05, 4.69) is 5.32 Å². The fourth-order valence-corrected chi connectivity index (χ4v) is 3.96. The summed E-state index contributed by atoms with van der Waals surface area (Å²) in [6, 6.07) is 12.7. The summed E-state index contributed by atoms with van der Waals surface area (Å²) in [4.78, 5) is 10.5. The van der Waals surface area contributed by atoms with E-state index in [0.29, 0.717) is 5.02 Å². The standard InChI is InChI=1S/C18H17ClN2O3/c19-12-5-8-16-15(10-12)18-14(2-1-9-24-18)17(20-16)11-3-6-13(7-4-11)21(22)23/h3-8,10,14,17-18,20H,1-2,9H2/t14-,17+,18-/m1/s1. The van der Waals surface area contributed by atoms with Crippen LogP contribution in [0.1, 0.15) is 36.1 Å². The van der Waals surface area contributed by atoms with Crippen LogP contribution in [-0.4, -0.2) is 11.5 Å². The minimum Gasteiger partial charge on any atom is -0.378 e. The lowest BCUT2D eigenvalue weighted by Gasteiger charge is -2.43. The molecule has 0 radical (unpaired) electrons. The molecule has 0 aromatic heterocycles. The molecule has 0 amide bonds. The Labute approximate surface area is 144 Å². The molecule has 0 unspecified atom stereocenters. The first-order valence-corrected chi connectivity index (χ1v) is 8.43. The zero-order valence-electron chi connectivity index (χ0n) is 12.9. The van der Waals surface area contributed by atoms with Crippen molar-refractivity contribution in [3.8, 4) is 0 Å². The lowest BCUT2D eigenvalue weighted by atomic mass is 9.77. The first kappa shape index (κ1) is 15.4. The monoisotopic (exact) mass is 344 g/mol. The topological polar surface area (TPSA) is 64.4 Å². The zero-order chi connectivity index (χ0) is 16.7. The number of nitrogens with one attached hydrogen (secondary N) is 1. The molecule has 4 rings (SSSR count). The number of rotatable bonds is 2. The van der Waals surface area contributed by atoms with E-state index < -0.39 is 0 Å². The highest BCUT2D eigenvalue weighted by Gasteiger charge is 2.39. The third kappa shape index (κ3) is 2.64. The molecule has 1 N–H and O–H groups in total. The van der Waals surface area contributed by atoms with Gasteiger partial charge < -0.3 is 10.1 Å². The van der Waals surface area contributed by atoms with Crippen LogP contribution in [0.2, 0.25) is 5.02 Å². The van der Waals surface area contributed by atoms with E-state index in [1.807, 2.05) is 30.3 Å². The van der Waals surface area contributed by atoms with Crippen molar-refractivity contribution in [3.05, 3.63) is 68.7 Å². The number of ether oxygens (including phenoxy) is 1. The Balaban J connectivity index is 1.73. The molecular formula is C18H17ClN2O3. The summed E-state index contributed by atoms with van der Waals surface area (Å²) in [5.74, 6) is 0.283. The summed E-state index contributed by atoms with van der Waals surface area (Å²) in [6.45, 7) is 0.750. The molecule has 3 atom stereocenters. The first-order chi connectivity index (χ1) is 11.6. The molecule has 2 aromatic carbocycles. The highest BCUT2D eigenvalue weighted by atomic mass is 35.5. The SMILES string of the molecule is O=[N+]([O-])c1ccc([C@@H]2Nc3ccc(Cl)cc3[C@@H]3OCCC[C@H]23)cc1. The highest BCUT2D eigenvalue weighted by molar-refractivity contribution is 6.30. The van der Waals surface area contributed by atoms with Gasteiger partial charge in [0, 0.05) is 40.9 Å². The number of non-ortho nitro benzene ring substituents is 1. The highest BCUT2D eigenvalue weighted by Crippen LogP contribution is 2.49. The average molecular weight is 345 g/mol. The van der Waals surface area contributed by atoms with Crippen molar-refractivity contribution in [2.24, 2.45) is 5.92 Å². The van der Waals surface area contributed by atoms with Gasteiger partial charge in [-0.25, -0.2) is 0 Å². The van der Waals surface area contributed by atoms with Crippen molar-refractivity contribution < 1.29 is 9.66 Å². The number of hydrogen-bond acceptors (Lipinski definition) is 4. The molecule has 0 aliphatic carbocycles. The predicted molar refractivity (Wildman–Crippen MR) is 92.3 cm³/mol. The molecule has 0 spiro atoms. The van der Waals surface area contributed by atoms with Crippen LogP contribution < -0.4 is 5.32 Å². The van der Waals surface area contributed by atoms with E-state index in [0.717, 1.165) is 36.3 Å². The van der Waals surface area contributed by atoms with Gasteiger partial charge in [0.05, 0.1) is 17.1 Å². The maximum atomic E-state index is 10.9. The van der Waals surface area contributed by atoms with Gasteiger partial charge in [0.15, 0.2) is 0 Å². The summed E-state index contributed by atoms with van der Waals surface area (Å²) in [5, 5.41) is 15.2. The van der Waals surface area contributed by atoms with Crippen molar-refractivity contribution >= 4 is 23.0 Å². The van der Waals surface area contributed by atoms with Gasteiger partial charge in [0.25, 0.3) is 5.69 Å². The molecule has 0 saturated carbocycles. The summed E-state index contributed by atoms with van der Waals surface area (Å²) >= 11 is 6.16. The van der Waals surface area contributed by atoms with E-state index in [4.69, 9.17) is 16.3 Å². The molecule has 1 saturated heterocycles.